The van der Waals surface area contributed by atoms with Gasteiger partial charge in [0.1, 0.15) is 0 Å². The first kappa shape index (κ1) is 14.7. The third-order valence-corrected chi connectivity index (χ3v) is 4.80. The van der Waals surface area contributed by atoms with Crippen LogP contribution in [0, 0.1) is 0 Å². The molecule has 2 heterocycles. The van der Waals surface area contributed by atoms with E-state index in [0.29, 0.717) is 17.0 Å². The average molecular weight is 338 g/mol. The Hall–Kier alpha value is -2.86. The Morgan fingerprint density at radius 3 is 2.92 bits per heavy atom. The fourth-order valence-corrected chi connectivity index (χ4v) is 3.48. The van der Waals surface area contributed by atoms with Crippen LogP contribution in [0.3, 0.4) is 0 Å². The summed E-state index contributed by atoms with van der Waals surface area (Å²) in [6.45, 7) is 2.07. The van der Waals surface area contributed by atoms with Crippen LogP contribution in [-0.2, 0) is 0 Å². The van der Waals surface area contributed by atoms with Gasteiger partial charge in [0.2, 0.25) is 6.79 Å². The quantitative estimate of drug-likeness (QED) is 0.584. The number of carbonyl (C=O) groups is 1. The van der Waals surface area contributed by atoms with Crippen molar-refractivity contribution in [2.45, 2.75) is 6.92 Å². The van der Waals surface area contributed by atoms with Gasteiger partial charge in [0.25, 0.3) is 5.91 Å². The number of nitrogens with one attached hydrogen (secondary N) is 1. The van der Waals surface area contributed by atoms with E-state index in [-0.39, 0.29) is 12.7 Å². The van der Waals surface area contributed by atoms with Gasteiger partial charge in [-0.15, -0.1) is 11.3 Å². The Kier molecular flexibility index (Phi) is 3.66. The number of fused-ring (bicyclic) bond motifs is 2. The number of ether oxygens (including phenoxy) is 2. The summed E-state index contributed by atoms with van der Waals surface area (Å²) in [5.41, 5.74) is 4.83. The van der Waals surface area contributed by atoms with Crippen molar-refractivity contribution in [2.24, 2.45) is 5.10 Å². The van der Waals surface area contributed by atoms with Crippen LogP contribution in [0.25, 0.3) is 10.1 Å². The molecule has 24 heavy (non-hydrogen) atoms. The number of amides is 1. The standard InChI is InChI=1S/C18H14N2O3S/c1-11(12-6-7-15-16(8-12)23-10-22-15)19-20-18(21)14-9-24-17-5-3-2-4-13(14)17/h2-9H,10H2,1H3,(H,20,21)/b19-11-. The van der Waals surface area contributed by atoms with Crippen molar-refractivity contribution in [2.75, 3.05) is 6.79 Å². The van der Waals surface area contributed by atoms with Gasteiger partial charge in [-0.3, -0.25) is 4.79 Å². The molecule has 0 bridgehead atoms. The Morgan fingerprint density at radius 2 is 2.00 bits per heavy atom. The van der Waals surface area contributed by atoms with Crippen LogP contribution in [0.15, 0.2) is 52.9 Å². The monoisotopic (exact) mass is 338 g/mol. The molecule has 0 atom stereocenters. The zero-order valence-electron chi connectivity index (χ0n) is 12.9. The molecule has 6 heteroatoms. The zero-order chi connectivity index (χ0) is 16.5. The molecule has 0 aliphatic carbocycles. The van der Waals surface area contributed by atoms with E-state index in [0.717, 1.165) is 21.4 Å². The summed E-state index contributed by atoms with van der Waals surface area (Å²) >= 11 is 1.55. The van der Waals surface area contributed by atoms with E-state index >= 15 is 0 Å². The highest BCUT2D eigenvalue weighted by Gasteiger charge is 2.15. The summed E-state index contributed by atoms with van der Waals surface area (Å²) < 4.78 is 11.7. The van der Waals surface area contributed by atoms with Crippen LogP contribution in [0.2, 0.25) is 0 Å². The third kappa shape index (κ3) is 2.61. The van der Waals surface area contributed by atoms with Crippen molar-refractivity contribution in [1.82, 2.24) is 5.43 Å². The normalized spacial score (nSPS) is 13.3. The van der Waals surface area contributed by atoms with E-state index in [1.165, 1.54) is 0 Å². The number of hydrogen-bond donors (Lipinski definition) is 1. The number of hydrazone groups is 1. The van der Waals surface area contributed by atoms with Gasteiger partial charge in [0.15, 0.2) is 11.5 Å². The maximum atomic E-state index is 12.4. The van der Waals surface area contributed by atoms with E-state index in [4.69, 9.17) is 9.47 Å². The lowest BCUT2D eigenvalue weighted by Gasteiger charge is -2.04. The van der Waals surface area contributed by atoms with Crippen molar-refractivity contribution in [3.05, 3.63) is 59.0 Å². The molecular weight excluding hydrogens is 324 g/mol. The van der Waals surface area contributed by atoms with Gasteiger partial charge in [0, 0.05) is 21.0 Å². The van der Waals surface area contributed by atoms with Gasteiger partial charge in [-0.2, -0.15) is 5.10 Å². The van der Waals surface area contributed by atoms with Gasteiger partial charge < -0.3 is 9.47 Å². The van der Waals surface area contributed by atoms with Crippen LogP contribution < -0.4 is 14.9 Å². The van der Waals surface area contributed by atoms with Crippen molar-refractivity contribution >= 4 is 33.0 Å². The van der Waals surface area contributed by atoms with Gasteiger partial charge in [-0.05, 0) is 31.2 Å². The highest BCUT2D eigenvalue weighted by atomic mass is 32.1. The maximum Gasteiger partial charge on any atom is 0.272 e. The number of thiophene rings is 1. The second kappa shape index (κ2) is 5.98. The molecule has 0 fully saturated rings. The minimum absolute atomic E-state index is 0.215. The molecule has 1 aromatic heterocycles. The Morgan fingerprint density at radius 1 is 1.17 bits per heavy atom. The van der Waals surface area contributed by atoms with Crippen LogP contribution in [0.1, 0.15) is 22.8 Å². The summed E-state index contributed by atoms with van der Waals surface area (Å²) in [7, 11) is 0. The molecule has 120 valence electrons. The molecule has 3 aromatic rings. The summed E-state index contributed by atoms with van der Waals surface area (Å²) in [5, 5.41) is 7.00. The molecular formula is C18H14N2O3S. The fraction of sp³-hybridized carbons (Fsp3) is 0.111. The molecule has 0 saturated carbocycles. The van der Waals surface area contributed by atoms with Crippen LogP contribution in [-0.4, -0.2) is 18.4 Å². The lowest BCUT2D eigenvalue weighted by Crippen LogP contribution is -2.18. The first-order valence-corrected chi connectivity index (χ1v) is 8.31. The topological polar surface area (TPSA) is 59.9 Å². The van der Waals surface area contributed by atoms with Crippen LogP contribution in [0.5, 0.6) is 11.5 Å². The molecule has 1 aliphatic heterocycles. The van der Waals surface area contributed by atoms with E-state index < -0.39 is 0 Å². The van der Waals surface area contributed by atoms with E-state index in [1.807, 2.05) is 54.8 Å². The summed E-state index contributed by atoms with van der Waals surface area (Å²) in [4.78, 5) is 12.4. The number of carbonyl (C=O) groups excluding carboxylic acids is 1. The molecule has 1 amide bonds. The van der Waals surface area contributed by atoms with E-state index in [1.54, 1.807) is 11.3 Å². The minimum Gasteiger partial charge on any atom is -0.454 e. The van der Waals surface area contributed by atoms with Gasteiger partial charge in [0.05, 0.1) is 11.3 Å². The molecule has 0 saturated heterocycles. The maximum absolute atomic E-state index is 12.4. The van der Waals surface area contributed by atoms with Gasteiger partial charge >= 0.3 is 0 Å². The van der Waals surface area contributed by atoms with Gasteiger partial charge in [-0.1, -0.05) is 18.2 Å². The highest BCUT2D eigenvalue weighted by molar-refractivity contribution is 7.17. The Balaban J connectivity index is 1.54. The molecule has 5 nitrogen and oxygen atoms in total. The summed E-state index contributed by atoms with van der Waals surface area (Å²) in [6.07, 6.45) is 0. The molecule has 0 spiro atoms. The number of rotatable bonds is 3. The van der Waals surface area contributed by atoms with Crippen molar-refractivity contribution < 1.29 is 14.3 Å². The fourth-order valence-electron chi connectivity index (χ4n) is 2.53. The van der Waals surface area contributed by atoms with Crippen LogP contribution in [0.4, 0.5) is 0 Å². The second-order valence-corrected chi connectivity index (χ2v) is 6.26. The zero-order valence-corrected chi connectivity index (χ0v) is 13.7. The third-order valence-electron chi connectivity index (χ3n) is 3.84. The van der Waals surface area contributed by atoms with Crippen molar-refractivity contribution in [3.63, 3.8) is 0 Å². The number of hydrogen-bond acceptors (Lipinski definition) is 5. The molecule has 2 aromatic carbocycles. The molecule has 1 aliphatic rings. The van der Waals surface area contributed by atoms with Gasteiger partial charge in [-0.25, -0.2) is 5.43 Å². The summed E-state index contributed by atoms with van der Waals surface area (Å²) in [6, 6.07) is 13.4. The van der Waals surface area contributed by atoms with Crippen molar-refractivity contribution in [1.29, 1.82) is 0 Å². The SMILES string of the molecule is C/C(=N/NC(=O)c1csc2ccccc12)c1ccc2c(c1)OCO2. The highest BCUT2D eigenvalue weighted by Crippen LogP contribution is 2.32. The van der Waals surface area contributed by atoms with E-state index in [2.05, 4.69) is 10.5 Å². The van der Waals surface area contributed by atoms with E-state index in [9.17, 15) is 4.79 Å². The Labute approximate surface area is 142 Å². The lowest BCUT2D eigenvalue weighted by molar-refractivity contribution is 0.0957. The average Bonchev–Trinajstić information content (AvgIpc) is 3.25. The van der Waals surface area contributed by atoms with Crippen molar-refractivity contribution in [3.8, 4) is 11.5 Å². The summed E-state index contributed by atoms with van der Waals surface area (Å²) in [5.74, 6) is 1.20. The molecule has 1 N–H and O–H groups in total. The predicted molar refractivity (Wildman–Crippen MR) is 94.1 cm³/mol. The molecule has 4 rings (SSSR count). The molecule has 0 unspecified atom stereocenters. The first-order chi connectivity index (χ1) is 11.7. The molecule has 0 radical (unpaired) electrons. The number of benzene rings is 2. The second-order valence-electron chi connectivity index (χ2n) is 5.35. The largest absolute Gasteiger partial charge is 0.454 e. The minimum atomic E-state index is -0.215. The smallest absolute Gasteiger partial charge is 0.272 e. The first-order valence-electron chi connectivity index (χ1n) is 7.43. The number of nitrogens with zero attached hydrogens (tertiary/aromatic N) is 1. The van der Waals surface area contributed by atoms with Crippen LogP contribution >= 0.6 is 11.3 Å². The predicted octanol–water partition coefficient (Wildman–Crippen LogP) is 3.78. The Bertz CT molecular complexity index is 962. The lowest BCUT2D eigenvalue weighted by atomic mass is 10.1.